The number of hydrogen-bond acceptors (Lipinski definition) is 4. The lowest BCUT2D eigenvalue weighted by Gasteiger charge is -2.30. The molecule has 0 aromatic heterocycles. The lowest BCUT2D eigenvalue weighted by atomic mass is 10.1. The summed E-state index contributed by atoms with van der Waals surface area (Å²) in [5.74, 6) is 2.27. The number of unbranched alkanes of at least 4 members (excludes halogenated alkanes) is 1. The van der Waals surface area contributed by atoms with E-state index in [1.165, 1.54) is 17.7 Å². The molecule has 3 rings (SSSR count). The smallest absolute Gasteiger partial charge is 0.294 e. The molecule has 5 nitrogen and oxygen atoms in total. The Kier molecular flexibility index (Phi) is 8.85. The lowest BCUT2D eigenvalue weighted by molar-refractivity contribution is -0.123. The molecule has 0 saturated carbocycles. The molecule has 0 bridgehead atoms. The number of benzene rings is 2. The first-order chi connectivity index (χ1) is 15.1. The van der Waals surface area contributed by atoms with Crippen molar-refractivity contribution < 1.29 is 14.3 Å². The van der Waals surface area contributed by atoms with Crippen LogP contribution in [-0.2, 0) is 9.59 Å². The average Bonchev–Trinajstić information content (AvgIpc) is 2.77. The Morgan fingerprint density at radius 2 is 1.87 bits per heavy atom. The van der Waals surface area contributed by atoms with Crippen LogP contribution in [0.5, 0.6) is 5.75 Å². The van der Waals surface area contributed by atoms with Gasteiger partial charge in [-0.15, -0.1) is 0 Å². The van der Waals surface area contributed by atoms with E-state index in [1.54, 1.807) is 24.3 Å². The minimum Gasteiger partial charge on any atom is -0.449 e. The van der Waals surface area contributed by atoms with Crippen LogP contribution in [-0.4, -0.2) is 36.4 Å². The van der Waals surface area contributed by atoms with E-state index in [0.29, 0.717) is 28.6 Å². The molecule has 0 radical (unpaired) electrons. The first-order valence-electron chi connectivity index (χ1n) is 10.5. The number of carbonyl (C=O) groups is 2. The van der Waals surface area contributed by atoms with Crippen molar-refractivity contribution >= 4 is 46.9 Å². The first-order valence-corrected chi connectivity index (χ1v) is 12.0. The standard InChI is InChI=1S/C24H27ClN2O3S/c1-2-3-14-31-15-8-13-26-23(28)17-27-20-11-6-7-12-21(20)30-22(24(27)29)16-18-9-4-5-10-19(18)25/h4-7,9-12,16H,2-3,8,13-15,17H2,1H3,(H,26,28)/b22-16+. The van der Waals surface area contributed by atoms with Gasteiger partial charge in [-0.25, -0.2) is 0 Å². The highest BCUT2D eigenvalue weighted by atomic mass is 35.5. The van der Waals surface area contributed by atoms with Gasteiger partial charge in [-0.05, 0) is 54.2 Å². The van der Waals surface area contributed by atoms with Crippen molar-refractivity contribution in [2.45, 2.75) is 26.2 Å². The lowest BCUT2D eigenvalue weighted by Crippen LogP contribution is -2.44. The topological polar surface area (TPSA) is 58.6 Å². The molecule has 0 aliphatic carbocycles. The number of para-hydroxylation sites is 2. The Balaban J connectivity index is 1.66. The SMILES string of the molecule is CCCCSCCCNC(=O)CN1C(=O)/C(=C\c2ccccc2Cl)Oc2ccccc21. The Hall–Kier alpha value is -2.44. The molecule has 0 saturated heterocycles. The molecule has 0 fully saturated rings. The van der Waals surface area contributed by atoms with Crippen LogP contribution in [0.4, 0.5) is 5.69 Å². The van der Waals surface area contributed by atoms with Crippen LogP contribution in [0.3, 0.4) is 0 Å². The van der Waals surface area contributed by atoms with E-state index in [0.717, 1.165) is 17.9 Å². The third-order valence-electron chi connectivity index (χ3n) is 4.76. The third-order valence-corrected chi connectivity index (χ3v) is 6.25. The Morgan fingerprint density at radius 1 is 1.13 bits per heavy atom. The minimum atomic E-state index is -0.371. The molecule has 0 spiro atoms. The highest BCUT2D eigenvalue weighted by Crippen LogP contribution is 2.35. The van der Waals surface area contributed by atoms with Gasteiger partial charge >= 0.3 is 0 Å². The molecular weight excluding hydrogens is 432 g/mol. The Labute approximate surface area is 192 Å². The zero-order valence-corrected chi connectivity index (χ0v) is 19.2. The number of fused-ring (bicyclic) bond motifs is 1. The molecule has 1 N–H and O–H groups in total. The van der Waals surface area contributed by atoms with E-state index in [4.69, 9.17) is 16.3 Å². The molecule has 0 unspecified atom stereocenters. The van der Waals surface area contributed by atoms with Gasteiger partial charge in [-0.1, -0.05) is 55.3 Å². The van der Waals surface area contributed by atoms with Crippen LogP contribution in [0.15, 0.2) is 54.3 Å². The predicted octanol–water partition coefficient (Wildman–Crippen LogP) is 5.15. The van der Waals surface area contributed by atoms with Gasteiger partial charge in [0.2, 0.25) is 5.91 Å². The summed E-state index contributed by atoms with van der Waals surface area (Å²) in [5, 5.41) is 3.44. The summed E-state index contributed by atoms with van der Waals surface area (Å²) in [5.41, 5.74) is 1.26. The normalized spacial score (nSPS) is 14.3. The molecule has 0 atom stereocenters. The number of nitrogens with one attached hydrogen (secondary N) is 1. The van der Waals surface area contributed by atoms with Gasteiger partial charge in [-0.2, -0.15) is 11.8 Å². The van der Waals surface area contributed by atoms with Crippen molar-refractivity contribution in [2.24, 2.45) is 0 Å². The summed E-state index contributed by atoms with van der Waals surface area (Å²) in [6, 6.07) is 14.4. The fourth-order valence-corrected chi connectivity index (χ4v) is 4.34. The molecule has 1 aliphatic heterocycles. The molecule has 7 heteroatoms. The van der Waals surface area contributed by atoms with Crippen molar-refractivity contribution in [3.8, 4) is 5.75 Å². The molecule has 2 aromatic carbocycles. The van der Waals surface area contributed by atoms with E-state index in [2.05, 4.69) is 12.2 Å². The van der Waals surface area contributed by atoms with Crippen LogP contribution in [0, 0.1) is 0 Å². The molecule has 31 heavy (non-hydrogen) atoms. The second-order valence-corrected chi connectivity index (χ2v) is 8.79. The average molecular weight is 459 g/mol. The minimum absolute atomic E-state index is 0.0674. The summed E-state index contributed by atoms with van der Waals surface area (Å²) in [7, 11) is 0. The molecule has 164 valence electrons. The number of ether oxygens (including phenoxy) is 1. The highest BCUT2D eigenvalue weighted by molar-refractivity contribution is 7.99. The van der Waals surface area contributed by atoms with Crippen LogP contribution >= 0.6 is 23.4 Å². The van der Waals surface area contributed by atoms with Crippen molar-refractivity contribution in [1.29, 1.82) is 0 Å². The zero-order valence-electron chi connectivity index (χ0n) is 17.6. The molecular formula is C24H27ClN2O3S. The quantitative estimate of drug-likeness (QED) is 0.395. The summed E-state index contributed by atoms with van der Waals surface area (Å²) >= 11 is 8.14. The van der Waals surface area contributed by atoms with E-state index >= 15 is 0 Å². The number of carbonyl (C=O) groups excluding carboxylic acids is 2. The number of amides is 2. The molecule has 2 aromatic rings. The summed E-state index contributed by atoms with van der Waals surface area (Å²) in [6.07, 6.45) is 4.94. The van der Waals surface area contributed by atoms with Gasteiger partial charge in [0.25, 0.3) is 5.91 Å². The number of anilines is 1. The van der Waals surface area contributed by atoms with Crippen molar-refractivity contribution in [2.75, 3.05) is 29.5 Å². The molecule has 1 aliphatic rings. The first kappa shape index (κ1) is 23.2. The number of hydrogen-bond donors (Lipinski definition) is 1. The summed E-state index contributed by atoms with van der Waals surface area (Å²) in [4.78, 5) is 27.1. The molecule has 1 heterocycles. The van der Waals surface area contributed by atoms with Crippen molar-refractivity contribution in [1.82, 2.24) is 5.32 Å². The van der Waals surface area contributed by atoms with Crippen molar-refractivity contribution in [3.05, 3.63) is 64.9 Å². The maximum Gasteiger partial charge on any atom is 0.294 e. The van der Waals surface area contributed by atoms with Crippen LogP contribution in [0.1, 0.15) is 31.7 Å². The van der Waals surface area contributed by atoms with Crippen LogP contribution < -0.4 is 15.0 Å². The van der Waals surface area contributed by atoms with E-state index in [1.807, 2.05) is 42.1 Å². The second kappa shape index (κ2) is 11.8. The predicted molar refractivity (Wildman–Crippen MR) is 129 cm³/mol. The van der Waals surface area contributed by atoms with Gasteiger partial charge < -0.3 is 10.1 Å². The van der Waals surface area contributed by atoms with Gasteiger partial charge in [-0.3, -0.25) is 14.5 Å². The van der Waals surface area contributed by atoms with Crippen LogP contribution in [0.2, 0.25) is 5.02 Å². The van der Waals surface area contributed by atoms with Gasteiger partial charge in [0.05, 0.1) is 5.69 Å². The molecule has 2 amide bonds. The fraction of sp³-hybridized carbons (Fsp3) is 0.333. The van der Waals surface area contributed by atoms with E-state index in [9.17, 15) is 9.59 Å². The Bertz CT molecular complexity index is 948. The highest BCUT2D eigenvalue weighted by Gasteiger charge is 2.31. The number of thioether (sulfide) groups is 1. The maximum atomic E-state index is 13.1. The number of rotatable bonds is 10. The summed E-state index contributed by atoms with van der Waals surface area (Å²) in [6.45, 7) is 2.71. The van der Waals surface area contributed by atoms with Crippen LogP contribution in [0.25, 0.3) is 6.08 Å². The Morgan fingerprint density at radius 3 is 2.68 bits per heavy atom. The number of nitrogens with zero attached hydrogens (tertiary/aromatic N) is 1. The second-order valence-electron chi connectivity index (χ2n) is 7.16. The van der Waals surface area contributed by atoms with E-state index < -0.39 is 0 Å². The maximum absolute atomic E-state index is 13.1. The fourth-order valence-electron chi connectivity index (χ4n) is 3.10. The largest absolute Gasteiger partial charge is 0.449 e. The summed E-state index contributed by atoms with van der Waals surface area (Å²) < 4.78 is 5.84. The number of halogens is 1. The monoisotopic (exact) mass is 458 g/mol. The van der Waals surface area contributed by atoms with Crippen molar-refractivity contribution in [3.63, 3.8) is 0 Å². The van der Waals surface area contributed by atoms with Gasteiger partial charge in [0, 0.05) is 11.6 Å². The third kappa shape index (κ3) is 6.52. The zero-order chi connectivity index (χ0) is 22.1. The van der Waals surface area contributed by atoms with Gasteiger partial charge in [0.1, 0.15) is 6.54 Å². The van der Waals surface area contributed by atoms with E-state index in [-0.39, 0.29) is 24.1 Å². The van der Waals surface area contributed by atoms with Gasteiger partial charge in [0.15, 0.2) is 11.5 Å².